The van der Waals surface area contributed by atoms with Gasteiger partial charge in [0.1, 0.15) is 23.6 Å². The molecular formula is C12H14N4O4. The largest absolute Gasteiger partial charge is 0.469 e. The number of rotatable bonds is 5. The van der Waals surface area contributed by atoms with Crippen LogP contribution in [0.4, 0.5) is 11.5 Å². The van der Waals surface area contributed by atoms with Gasteiger partial charge in [0, 0.05) is 19.7 Å². The number of ether oxygens (including phenoxy) is 1. The van der Waals surface area contributed by atoms with Gasteiger partial charge in [-0.05, 0) is 0 Å². The van der Waals surface area contributed by atoms with Gasteiger partial charge in [0.05, 0.1) is 18.0 Å². The minimum Gasteiger partial charge on any atom is -0.469 e. The summed E-state index contributed by atoms with van der Waals surface area (Å²) >= 11 is 0. The summed E-state index contributed by atoms with van der Waals surface area (Å²) in [6, 6.07) is 3.02. The quantitative estimate of drug-likeness (QED) is 0.450. The lowest BCUT2D eigenvalue weighted by atomic mass is 10.1. The van der Waals surface area contributed by atoms with Crippen molar-refractivity contribution in [2.24, 2.45) is 5.92 Å². The molecule has 0 aromatic carbocycles. The summed E-state index contributed by atoms with van der Waals surface area (Å²) in [5.41, 5.74) is -0.168. The standard InChI is InChI=1S/C12H14N4O4/c1-8(12(17)20-3)7-15(2)11-9(5-13)4-10(6-14-11)16(18)19/h4,6,8H,7H2,1-3H3. The van der Waals surface area contributed by atoms with Crippen LogP contribution in [0.5, 0.6) is 0 Å². The van der Waals surface area contributed by atoms with Gasteiger partial charge < -0.3 is 9.64 Å². The zero-order valence-corrected chi connectivity index (χ0v) is 11.4. The second kappa shape index (κ2) is 6.47. The molecule has 1 unspecified atom stereocenters. The van der Waals surface area contributed by atoms with Gasteiger partial charge in [-0.1, -0.05) is 6.92 Å². The summed E-state index contributed by atoms with van der Waals surface area (Å²) in [6.45, 7) is 1.96. The first-order valence-corrected chi connectivity index (χ1v) is 5.74. The van der Waals surface area contributed by atoms with Crippen LogP contribution in [0.2, 0.25) is 0 Å². The SMILES string of the molecule is COC(=O)C(C)CN(C)c1ncc([N+](=O)[O-])cc1C#N. The monoisotopic (exact) mass is 278 g/mol. The van der Waals surface area contributed by atoms with E-state index in [0.29, 0.717) is 0 Å². The highest BCUT2D eigenvalue weighted by atomic mass is 16.6. The van der Waals surface area contributed by atoms with E-state index in [2.05, 4.69) is 9.72 Å². The van der Waals surface area contributed by atoms with Crippen LogP contribution in [-0.2, 0) is 9.53 Å². The summed E-state index contributed by atoms with van der Waals surface area (Å²) in [5.74, 6) is -0.500. The van der Waals surface area contributed by atoms with Gasteiger partial charge in [0.15, 0.2) is 0 Å². The molecule has 1 atom stereocenters. The van der Waals surface area contributed by atoms with Crippen molar-refractivity contribution in [2.75, 3.05) is 25.6 Å². The Hall–Kier alpha value is -2.69. The number of pyridine rings is 1. The molecule has 0 fully saturated rings. The van der Waals surface area contributed by atoms with E-state index in [9.17, 15) is 14.9 Å². The number of methoxy groups -OCH3 is 1. The van der Waals surface area contributed by atoms with Gasteiger partial charge in [-0.2, -0.15) is 5.26 Å². The molecule has 8 nitrogen and oxygen atoms in total. The molecule has 1 rings (SSSR count). The third kappa shape index (κ3) is 3.41. The van der Waals surface area contributed by atoms with Crippen molar-refractivity contribution in [1.29, 1.82) is 5.26 Å². The highest BCUT2D eigenvalue weighted by Crippen LogP contribution is 2.21. The number of anilines is 1. The molecule has 0 bridgehead atoms. The molecule has 0 aliphatic rings. The average Bonchev–Trinajstić information content (AvgIpc) is 2.45. The van der Waals surface area contributed by atoms with E-state index in [1.54, 1.807) is 18.9 Å². The Bertz CT molecular complexity index is 567. The maximum Gasteiger partial charge on any atom is 0.310 e. The summed E-state index contributed by atoms with van der Waals surface area (Å²) in [6.07, 6.45) is 1.08. The van der Waals surface area contributed by atoms with Crippen molar-refractivity contribution in [3.8, 4) is 6.07 Å². The molecule has 8 heteroatoms. The molecule has 0 saturated heterocycles. The Balaban J connectivity index is 2.99. The van der Waals surface area contributed by atoms with Gasteiger partial charge in [0.2, 0.25) is 0 Å². The molecule has 1 heterocycles. The van der Waals surface area contributed by atoms with Gasteiger partial charge in [-0.3, -0.25) is 14.9 Å². The van der Waals surface area contributed by atoms with Crippen LogP contribution in [-0.4, -0.2) is 36.6 Å². The molecular weight excluding hydrogens is 264 g/mol. The maximum absolute atomic E-state index is 11.4. The molecule has 0 saturated carbocycles. The molecule has 0 aliphatic carbocycles. The van der Waals surface area contributed by atoms with Crippen LogP contribution in [0, 0.1) is 27.4 Å². The zero-order valence-electron chi connectivity index (χ0n) is 11.4. The zero-order chi connectivity index (χ0) is 15.3. The summed E-state index contributed by atoms with van der Waals surface area (Å²) in [5, 5.41) is 19.7. The lowest BCUT2D eigenvalue weighted by Crippen LogP contribution is -2.30. The molecule has 106 valence electrons. The van der Waals surface area contributed by atoms with E-state index in [4.69, 9.17) is 5.26 Å². The highest BCUT2D eigenvalue weighted by molar-refractivity contribution is 5.72. The average molecular weight is 278 g/mol. The molecule has 0 amide bonds. The van der Waals surface area contributed by atoms with Gasteiger partial charge in [0.25, 0.3) is 5.69 Å². The topological polar surface area (TPSA) is 109 Å². The number of carbonyl (C=O) groups excluding carboxylic acids is 1. The first-order chi connectivity index (χ1) is 9.40. The number of nitro groups is 1. The fourth-order valence-electron chi connectivity index (χ4n) is 1.71. The normalized spacial score (nSPS) is 11.3. The Morgan fingerprint density at radius 2 is 2.35 bits per heavy atom. The van der Waals surface area contributed by atoms with Crippen molar-refractivity contribution in [2.45, 2.75) is 6.92 Å². The number of esters is 1. The molecule has 0 N–H and O–H groups in total. The lowest BCUT2D eigenvalue weighted by Gasteiger charge is -2.21. The number of hydrogen-bond donors (Lipinski definition) is 0. The molecule has 1 aromatic rings. The molecule has 0 aliphatic heterocycles. The van der Waals surface area contributed by atoms with Crippen LogP contribution < -0.4 is 4.90 Å². The second-order valence-corrected chi connectivity index (χ2v) is 4.24. The smallest absolute Gasteiger partial charge is 0.310 e. The number of nitrogens with zero attached hydrogens (tertiary/aromatic N) is 4. The van der Waals surface area contributed by atoms with Gasteiger partial charge >= 0.3 is 5.97 Å². The fourth-order valence-corrected chi connectivity index (χ4v) is 1.71. The van der Waals surface area contributed by atoms with Crippen LogP contribution in [0.3, 0.4) is 0 Å². The first-order valence-electron chi connectivity index (χ1n) is 5.74. The Morgan fingerprint density at radius 3 is 2.85 bits per heavy atom. The maximum atomic E-state index is 11.4. The van der Waals surface area contributed by atoms with E-state index in [1.807, 2.05) is 6.07 Å². The number of aromatic nitrogens is 1. The summed E-state index contributed by atoms with van der Waals surface area (Å²) in [7, 11) is 2.94. The number of nitriles is 1. The Kier molecular flexibility index (Phi) is 4.97. The van der Waals surface area contributed by atoms with Gasteiger partial charge in [-0.25, -0.2) is 4.98 Å². The van der Waals surface area contributed by atoms with Gasteiger partial charge in [-0.15, -0.1) is 0 Å². The van der Waals surface area contributed by atoms with Crippen LogP contribution in [0.25, 0.3) is 0 Å². The van der Waals surface area contributed by atoms with Crippen LogP contribution >= 0.6 is 0 Å². The van der Waals surface area contributed by atoms with E-state index in [0.717, 1.165) is 12.3 Å². The van der Waals surface area contributed by atoms with Crippen molar-refractivity contribution in [1.82, 2.24) is 4.98 Å². The molecule has 1 aromatic heterocycles. The first kappa shape index (κ1) is 15.4. The molecule has 20 heavy (non-hydrogen) atoms. The summed E-state index contributed by atoms with van der Waals surface area (Å²) in [4.78, 5) is 26.9. The minimum absolute atomic E-state index is 0.0822. The van der Waals surface area contributed by atoms with E-state index >= 15 is 0 Å². The lowest BCUT2D eigenvalue weighted by molar-refractivity contribution is -0.385. The number of carbonyl (C=O) groups is 1. The predicted molar refractivity (Wildman–Crippen MR) is 70.1 cm³/mol. The van der Waals surface area contributed by atoms with E-state index in [1.165, 1.54) is 7.11 Å². The Morgan fingerprint density at radius 1 is 1.70 bits per heavy atom. The molecule has 0 radical (unpaired) electrons. The van der Waals surface area contributed by atoms with Crippen molar-refractivity contribution < 1.29 is 14.5 Å². The summed E-state index contributed by atoms with van der Waals surface area (Å²) < 4.78 is 4.62. The van der Waals surface area contributed by atoms with Crippen molar-refractivity contribution >= 4 is 17.5 Å². The number of hydrogen-bond acceptors (Lipinski definition) is 7. The van der Waals surface area contributed by atoms with Crippen LogP contribution in [0.1, 0.15) is 12.5 Å². The van der Waals surface area contributed by atoms with Crippen LogP contribution in [0.15, 0.2) is 12.3 Å². The Labute approximate surface area is 115 Å². The second-order valence-electron chi connectivity index (χ2n) is 4.24. The predicted octanol–water partition coefficient (Wildman–Crippen LogP) is 1.11. The third-order valence-corrected chi connectivity index (χ3v) is 2.70. The highest BCUT2D eigenvalue weighted by Gasteiger charge is 2.20. The third-order valence-electron chi connectivity index (χ3n) is 2.70. The van der Waals surface area contributed by atoms with E-state index in [-0.39, 0.29) is 29.6 Å². The fraction of sp³-hybridized carbons (Fsp3) is 0.417. The van der Waals surface area contributed by atoms with Crippen molar-refractivity contribution in [3.05, 3.63) is 27.9 Å². The molecule has 0 spiro atoms. The minimum atomic E-state index is -0.616. The van der Waals surface area contributed by atoms with E-state index < -0.39 is 10.8 Å². The van der Waals surface area contributed by atoms with Crippen molar-refractivity contribution in [3.63, 3.8) is 0 Å².